The molecule has 0 amide bonds. The fraction of sp³-hybridized carbons (Fsp3) is 0.968. The van der Waals surface area contributed by atoms with Crippen molar-refractivity contribution in [2.45, 2.75) is 286 Å². The maximum atomic E-state index is 12.8. The van der Waals surface area contributed by atoms with Crippen molar-refractivity contribution in [3.63, 3.8) is 0 Å². The second-order valence-electron chi connectivity index (χ2n) is 29.4. The molecule has 0 aromatic carbocycles. The van der Waals surface area contributed by atoms with E-state index in [1.807, 2.05) is 0 Å². The quantitative estimate of drug-likeness (QED) is 0.0545. The molecule has 516 valence electrons. The SMILES string of the molecule is C[C@@H]1[C@@H](O)[C@@H](OC[C@H]2O[C@@H](O[C@H](CC[C@@H](C)C3CC[C@@]4(C)C5CC=C6C(CC[C@H](O[C@@H]7O[C@H](CO)[C@@H](O)[C@H](O)[C@H]7O)C6(C)C)[C@]5(C)[C@H](O)C[C@]34C)C(C)(C)O)[C@H](O[C@H]3O[C@@H](CO)[C@H](O[C@H]4O[C@H](CO)[C@@H](O)[C@H](O)[C@H]4O)[C@@H](O)[C@@H]3O)[C@@H](O)[C@@H]2C)O[C@H](CO)[C@H]1O. The van der Waals surface area contributed by atoms with E-state index in [9.17, 15) is 86.8 Å². The van der Waals surface area contributed by atoms with E-state index >= 15 is 0 Å². The summed E-state index contributed by atoms with van der Waals surface area (Å²) < 4.78 is 61.0. The standard InChI is InChI=1S/C62H106O27/c1-25(28-17-18-60(8)36-14-12-29-30(62(36,10)37(67)19-61(28,60)9)13-16-38(58(29,4)5)86-54-48(76)45(73)43(71)32(21-64)82-54)11-15-39(59(6,7)79)87-57-52(41(69)26(2)35(85-57)24-80-53-42(70)27(3)40(68)31(20-63)81-53)89-56-50(78)47(75)51(34(23-66)84-56)88-55-49(77)46(74)44(72)33(22-65)83-55/h12,25-28,30-57,63-79H,11,13-24H2,1-10H3/t25-,26-,27+,28?,30?,31-,32-,33-,34+,35-,36?,37-,38+,39-,40+,41+,42-,43-,44-,45+,46+,47+,48-,49-,50+,51+,52-,53+,54+,55-,56-,57+,60+,61-,62+/m1/s1. The molecule has 9 rings (SSSR count). The van der Waals surface area contributed by atoms with Gasteiger partial charge in [-0.1, -0.05) is 67.0 Å². The average Bonchev–Trinajstić information content (AvgIpc) is 1.66. The monoisotopic (exact) mass is 1280 g/mol. The molecule has 0 aromatic heterocycles. The van der Waals surface area contributed by atoms with Gasteiger partial charge in [-0.15, -0.1) is 0 Å². The van der Waals surface area contributed by atoms with Gasteiger partial charge in [-0.2, -0.15) is 0 Å². The van der Waals surface area contributed by atoms with Crippen molar-refractivity contribution in [1.29, 1.82) is 0 Å². The minimum atomic E-state index is -2.01. The molecule has 5 heterocycles. The number of ether oxygens (including phenoxy) is 10. The Balaban J connectivity index is 0.920. The molecule has 0 spiro atoms. The van der Waals surface area contributed by atoms with Crippen LogP contribution in [0.3, 0.4) is 0 Å². The van der Waals surface area contributed by atoms with Crippen LogP contribution in [0.1, 0.15) is 121 Å². The summed E-state index contributed by atoms with van der Waals surface area (Å²) in [6, 6.07) is 0. The molecule has 9 aliphatic rings. The van der Waals surface area contributed by atoms with Crippen LogP contribution in [0.4, 0.5) is 0 Å². The van der Waals surface area contributed by atoms with Crippen molar-refractivity contribution < 1.29 is 134 Å². The smallest absolute Gasteiger partial charge is 0.187 e. The molecular weight excluding hydrogens is 1180 g/mol. The number of aliphatic hydroxyl groups is 17. The summed E-state index contributed by atoms with van der Waals surface area (Å²) in [5.74, 6) is -1.45. The van der Waals surface area contributed by atoms with Gasteiger partial charge < -0.3 is 134 Å². The average molecular weight is 1280 g/mol. The van der Waals surface area contributed by atoms with Crippen LogP contribution in [-0.2, 0) is 47.4 Å². The molecule has 17 N–H and O–H groups in total. The number of allylic oxidation sites excluding steroid dienone is 1. The molecule has 8 fully saturated rings. The van der Waals surface area contributed by atoms with Crippen molar-refractivity contribution >= 4 is 0 Å². The van der Waals surface area contributed by atoms with Crippen LogP contribution in [-0.4, -0.2) is 285 Å². The Morgan fingerprint density at radius 1 is 0.539 bits per heavy atom. The first-order valence-corrected chi connectivity index (χ1v) is 32.2. The molecule has 5 saturated heterocycles. The summed E-state index contributed by atoms with van der Waals surface area (Å²) in [5, 5.41) is 186. The second kappa shape index (κ2) is 27.6. The Hall–Kier alpha value is -1.34. The number of fused-ring (bicyclic) bond motifs is 5. The Morgan fingerprint density at radius 2 is 1.06 bits per heavy atom. The Labute approximate surface area is 520 Å². The van der Waals surface area contributed by atoms with Crippen LogP contribution in [0.15, 0.2) is 11.6 Å². The lowest BCUT2D eigenvalue weighted by atomic mass is 9.38. The largest absolute Gasteiger partial charge is 0.394 e. The lowest BCUT2D eigenvalue weighted by Gasteiger charge is -2.67. The van der Waals surface area contributed by atoms with E-state index in [2.05, 4.69) is 47.6 Å². The van der Waals surface area contributed by atoms with E-state index in [1.54, 1.807) is 27.7 Å². The summed E-state index contributed by atoms with van der Waals surface area (Å²) in [7, 11) is 0. The number of aliphatic hydroxyl groups excluding tert-OH is 16. The molecular formula is C62H106O27. The lowest BCUT2D eigenvalue weighted by Crippen LogP contribution is -2.66. The molecule has 3 unspecified atom stereocenters. The predicted octanol–water partition coefficient (Wildman–Crippen LogP) is -2.86. The highest BCUT2D eigenvalue weighted by atomic mass is 16.8. The van der Waals surface area contributed by atoms with Crippen molar-refractivity contribution in [1.82, 2.24) is 0 Å². The third kappa shape index (κ3) is 13.0. The van der Waals surface area contributed by atoms with Crippen LogP contribution in [0.5, 0.6) is 0 Å². The van der Waals surface area contributed by atoms with Crippen molar-refractivity contribution in [2.24, 2.45) is 57.2 Å². The maximum Gasteiger partial charge on any atom is 0.187 e. The molecule has 27 heteroatoms. The molecule has 89 heavy (non-hydrogen) atoms. The van der Waals surface area contributed by atoms with Gasteiger partial charge in [0.05, 0.1) is 75.3 Å². The first-order chi connectivity index (χ1) is 41.7. The van der Waals surface area contributed by atoms with Gasteiger partial charge in [0.1, 0.15) is 91.6 Å². The third-order valence-corrected chi connectivity index (χ3v) is 23.7. The van der Waals surface area contributed by atoms with Gasteiger partial charge in [0.2, 0.25) is 0 Å². The first-order valence-electron chi connectivity index (χ1n) is 32.2. The van der Waals surface area contributed by atoms with Gasteiger partial charge >= 0.3 is 0 Å². The van der Waals surface area contributed by atoms with E-state index in [-0.39, 0.29) is 47.5 Å². The van der Waals surface area contributed by atoms with Gasteiger partial charge in [0.25, 0.3) is 0 Å². The van der Waals surface area contributed by atoms with Crippen LogP contribution >= 0.6 is 0 Å². The van der Waals surface area contributed by atoms with Gasteiger partial charge in [-0.25, -0.2) is 0 Å². The number of hydrogen-bond acceptors (Lipinski definition) is 27. The first kappa shape index (κ1) is 71.9. The molecule has 27 nitrogen and oxygen atoms in total. The number of rotatable bonds is 20. The second-order valence-corrected chi connectivity index (χ2v) is 29.4. The highest BCUT2D eigenvalue weighted by Crippen LogP contribution is 2.75. The summed E-state index contributed by atoms with van der Waals surface area (Å²) >= 11 is 0. The number of hydrogen-bond donors (Lipinski definition) is 17. The molecule has 35 atom stereocenters. The van der Waals surface area contributed by atoms with Crippen molar-refractivity contribution in [3.8, 4) is 0 Å². The fourth-order valence-electron chi connectivity index (χ4n) is 17.5. The zero-order valence-corrected chi connectivity index (χ0v) is 52.9. The summed E-state index contributed by atoms with van der Waals surface area (Å²) in [4.78, 5) is 0. The molecule has 4 aliphatic carbocycles. The molecule has 0 radical (unpaired) electrons. The minimum Gasteiger partial charge on any atom is -0.394 e. The van der Waals surface area contributed by atoms with E-state index in [0.29, 0.717) is 32.1 Å². The Bertz CT molecular complexity index is 2340. The summed E-state index contributed by atoms with van der Waals surface area (Å²) in [6.45, 7) is 16.4. The normalized spacial score (nSPS) is 51.8. The van der Waals surface area contributed by atoms with Gasteiger partial charge in [-0.05, 0) is 99.7 Å². The summed E-state index contributed by atoms with van der Waals surface area (Å²) in [6.07, 6.45) is -30.3. The van der Waals surface area contributed by atoms with E-state index in [4.69, 9.17) is 47.4 Å². The van der Waals surface area contributed by atoms with Crippen molar-refractivity contribution in [3.05, 3.63) is 11.6 Å². The minimum absolute atomic E-state index is 0.000421. The van der Waals surface area contributed by atoms with Gasteiger partial charge in [0.15, 0.2) is 31.5 Å². The highest BCUT2D eigenvalue weighted by Gasteiger charge is 2.70. The molecule has 0 bridgehead atoms. The van der Waals surface area contributed by atoms with Gasteiger partial charge in [0, 0.05) is 22.7 Å². The topological polar surface area (TPSA) is 436 Å². The predicted molar refractivity (Wildman–Crippen MR) is 307 cm³/mol. The lowest BCUT2D eigenvalue weighted by molar-refractivity contribution is -0.388. The fourth-order valence-corrected chi connectivity index (χ4v) is 17.5. The zero-order valence-electron chi connectivity index (χ0n) is 52.9. The maximum absolute atomic E-state index is 12.8. The van der Waals surface area contributed by atoms with E-state index in [1.165, 1.54) is 0 Å². The third-order valence-electron chi connectivity index (χ3n) is 23.7. The Kier molecular flexibility index (Phi) is 22.3. The summed E-state index contributed by atoms with van der Waals surface area (Å²) in [5.41, 5.74) is -2.09. The van der Waals surface area contributed by atoms with Crippen molar-refractivity contribution in [2.75, 3.05) is 33.0 Å². The van der Waals surface area contributed by atoms with Crippen LogP contribution < -0.4 is 0 Å². The molecule has 3 saturated carbocycles. The van der Waals surface area contributed by atoms with Gasteiger partial charge in [-0.3, -0.25) is 0 Å². The van der Waals surface area contributed by atoms with Crippen LogP contribution in [0.2, 0.25) is 0 Å². The molecule has 0 aromatic rings. The zero-order chi connectivity index (χ0) is 65.5. The Morgan fingerprint density at radius 3 is 1.63 bits per heavy atom. The highest BCUT2D eigenvalue weighted by molar-refractivity contribution is 5.32. The van der Waals surface area contributed by atoms with E-state index < -0.39 is 214 Å². The van der Waals surface area contributed by atoms with E-state index in [0.717, 1.165) is 18.4 Å². The van der Waals surface area contributed by atoms with Crippen LogP contribution in [0.25, 0.3) is 0 Å². The van der Waals surface area contributed by atoms with Crippen LogP contribution in [0, 0.1) is 57.2 Å². The molecule has 5 aliphatic heterocycles.